The number of halogens is 7. The molecule has 3 aromatic heterocycles. The molecule has 0 aliphatic carbocycles. The molecule has 2 amide bonds. The van der Waals surface area contributed by atoms with Gasteiger partial charge in [0.05, 0.1) is 18.1 Å². The SMILES string of the molecule is Cc1cc(C(=O)N2CCN(C(=O)COc3ccc4cc3CCc3cncc(c3)Nc3ncc(Cl)c(n3)N4)CC2)n[nH]1.O=C(C(=O)C(F)(F)F)C(F)(F)F. The van der Waals surface area contributed by atoms with Gasteiger partial charge < -0.3 is 25.2 Å². The Bertz CT molecular complexity index is 1990. The summed E-state index contributed by atoms with van der Waals surface area (Å²) in [6.45, 7) is 3.50. The summed E-state index contributed by atoms with van der Waals surface area (Å²) in [7, 11) is 0. The number of carbonyl (C=O) groups excluding carboxylic acids is 4. The molecule has 4 aromatic rings. The number of aromatic amines is 1. The van der Waals surface area contributed by atoms with Crippen LogP contribution >= 0.6 is 11.6 Å². The third-order valence-corrected chi connectivity index (χ3v) is 7.99. The number of hydrogen-bond donors (Lipinski definition) is 3. The monoisotopic (exact) mass is 767 g/mol. The number of aryl methyl sites for hydroxylation is 3. The molecule has 0 spiro atoms. The second-order valence-corrected chi connectivity index (χ2v) is 12.0. The maximum absolute atomic E-state index is 13.0. The maximum Gasteiger partial charge on any atom is 0.458 e. The predicted molar refractivity (Wildman–Crippen MR) is 175 cm³/mol. The van der Waals surface area contributed by atoms with Crippen molar-refractivity contribution in [1.82, 2.24) is 34.9 Å². The van der Waals surface area contributed by atoms with Gasteiger partial charge in [-0.3, -0.25) is 29.3 Å². The number of benzene rings is 1. The van der Waals surface area contributed by atoms with Crippen LogP contribution in [-0.2, 0) is 27.2 Å². The molecule has 21 heteroatoms. The van der Waals surface area contributed by atoms with Gasteiger partial charge in [-0.15, -0.1) is 0 Å². The lowest BCUT2D eigenvalue weighted by Gasteiger charge is -2.34. The summed E-state index contributed by atoms with van der Waals surface area (Å²) in [6.07, 6.45) is -5.10. The van der Waals surface area contributed by atoms with Gasteiger partial charge >= 0.3 is 23.9 Å². The Morgan fingerprint density at radius 2 is 1.53 bits per heavy atom. The van der Waals surface area contributed by atoms with E-state index >= 15 is 0 Å². The highest BCUT2D eigenvalue weighted by Gasteiger charge is 2.54. The molecule has 2 aliphatic rings. The molecule has 0 unspecified atom stereocenters. The molecule has 1 saturated heterocycles. The smallest absolute Gasteiger partial charge is 0.458 e. The zero-order valence-electron chi connectivity index (χ0n) is 27.4. The minimum absolute atomic E-state index is 0.103. The minimum atomic E-state index is -5.77. The van der Waals surface area contributed by atoms with Crippen LogP contribution < -0.4 is 15.4 Å². The maximum atomic E-state index is 13.0. The van der Waals surface area contributed by atoms with Crippen molar-refractivity contribution >= 4 is 58.1 Å². The molecule has 1 aromatic carbocycles. The van der Waals surface area contributed by atoms with E-state index in [1.165, 1.54) is 6.20 Å². The van der Waals surface area contributed by atoms with Crippen molar-refractivity contribution in [3.63, 3.8) is 0 Å². The number of ketones is 2. The van der Waals surface area contributed by atoms with Crippen molar-refractivity contribution in [3.05, 3.63) is 76.5 Å². The van der Waals surface area contributed by atoms with Gasteiger partial charge in [0.25, 0.3) is 11.8 Å². The van der Waals surface area contributed by atoms with Crippen molar-refractivity contribution in [2.45, 2.75) is 32.1 Å². The number of nitrogens with zero attached hydrogens (tertiary/aromatic N) is 6. The Kier molecular flexibility index (Phi) is 11.5. The molecule has 0 saturated carbocycles. The third kappa shape index (κ3) is 9.96. The zero-order valence-corrected chi connectivity index (χ0v) is 28.2. The van der Waals surface area contributed by atoms with Crippen LogP contribution in [0.15, 0.2) is 48.9 Å². The summed E-state index contributed by atoms with van der Waals surface area (Å²) >= 11 is 6.36. The van der Waals surface area contributed by atoms with Crippen LogP contribution in [0.5, 0.6) is 5.75 Å². The van der Waals surface area contributed by atoms with Gasteiger partial charge in [-0.05, 0) is 61.2 Å². The van der Waals surface area contributed by atoms with E-state index in [4.69, 9.17) is 16.3 Å². The lowest BCUT2D eigenvalue weighted by molar-refractivity contribution is -0.193. The van der Waals surface area contributed by atoms with Gasteiger partial charge in [-0.25, -0.2) is 4.98 Å². The molecule has 280 valence electrons. The molecular weight excluding hydrogens is 740 g/mol. The summed E-state index contributed by atoms with van der Waals surface area (Å²) in [5.41, 5.74) is 4.72. The minimum Gasteiger partial charge on any atom is -0.483 e. The Balaban J connectivity index is 0.000000390. The van der Waals surface area contributed by atoms with Gasteiger partial charge in [0.2, 0.25) is 5.95 Å². The van der Waals surface area contributed by atoms with Crippen LogP contribution in [0.3, 0.4) is 0 Å². The molecular formula is C32H28ClF6N9O5. The molecule has 14 nitrogen and oxygen atoms in total. The molecule has 1 fully saturated rings. The number of pyridine rings is 1. The zero-order chi connectivity index (χ0) is 38.5. The summed E-state index contributed by atoms with van der Waals surface area (Å²) < 4.78 is 73.0. The van der Waals surface area contributed by atoms with Crippen molar-refractivity contribution in [2.75, 3.05) is 43.4 Å². The Morgan fingerprint density at radius 1 is 0.849 bits per heavy atom. The molecule has 0 atom stereocenters. The van der Waals surface area contributed by atoms with Crippen LogP contribution in [0.25, 0.3) is 0 Å². The number of alkyl halides is 6. The Hall–Kier alpha value is -5.79. The number of aromatic nitrogens is 5. The van der Waals surface area contributed by atoms with E-state index in [2.05, 4.69) is 35.8 Å². The van der Waals surface area contributed by atoms with Gasteiger partial charge in [0, 0.05) is 43.8 Å². The van der Waals surface area contributed by atoms with E-state index in [1.54, 1.807) is 22.1 Å². The molecule has 2 aliphatic heterocycles. The lowest BCUT2D eigenvalue weighted by atomic mass is 10.0. The second-order valence-electron chi connectivity index (χ2n) is 11.6. The fraction of sp³-hybridized carbons (Fsp3) is 0.312. The van der Waals surface area contributed by atoms with Crippen LogP contribution in [0, 0.1) is 6.92 Å². The molecule has 6 bridgehead atoms. The average Bonchev–Trinajstić information content (AvgIpc) is 3.56. The predicted octanol–water partition coefficient (Wildman–Crippen LogP) is 4.75. The van der Waals surface area contributed by atoms with E-state index in [9.17, 15) is 45.5 Å². The number of fused-ring (bicyclic) bond motifs is 6. The Labute approximate surface area is 300 Å². The van der Waals surface area contributed by atoms with Crippen molar-refractivity contribution in [2.24, 2.45) is 0 Å². The van der Waals surface area contributed by atoms with E-state index < -0.39 is 23.9 Å². The number of H-pyrrole nitrogens is 1. The highest BCUT2D eigenvalue weighted by molar-refractivity contribution is 6.41. The van der Waals surface area contributed by atoms with Crippen molar-refractivity contribution < 1.29 is 50.3 Å². The van der Waals surface area contributed by atoms with Crippen molar-refractivity contribution in [1.29, 1.82) is 0 Å². The summed E-state index contributed by atoms with van der Waals surface area (Å²) in [4.78, 5) is 61.5. The molecule has 5 heterocycles. The first-order valence-electron chi connectivity index (χ1n) is 15.6. The number of carbonyl (C=O) groups is 4. The van der Waals surface area contributed by atoms with Crippen LogP contribution in [0.1, 0.15) is 27.3 Å². The first-order valence-corrected chi connectivity index (χ1v) is 15.9. The fourth-order valence-electron chi connectivity index (χ4n) is 5.08. The van der Waals surface area contributed by atoms with Crippen LogP contribution in [0.2, 0.25) is 5.02 Å². The number of Topliss-reactive ketones (excluding diaryl/α,β-unsaturated/α-hetero) is 2. The normalized spacial score (nSPS) is 14.2. The van der Waals surface area contributed by atoms with E-state index in [0.717, 1.165) is 28.2 Å². The summed E-state index contributed by atoms with van der Waals surface area (Å²) in [6, 6.07) is 9.40. The standard InChI is InChI=1S/C28H28ClN9O3.C4F6O2/c1-17-10-23(36-35-17)27(40)38-8-6-37(7-9-38)25(39)16-41-24-5-4-20-12-19(24)3-2-18-11-21(14-30-13-18)33-28-31-15-22(29)26(32-20)34-28;5-3(6,7)1(11)2(12)4(8,9)10/h4-5,10-15H,2-3,6-9,16H2,1H3,(H,35,36)(H2,31,32,33,34);. The van der Waals surface area contributed by atoms with E-state index in [1.807, 2.05) is 37.4 Å². The second kappa shape index (κ2) is 15.8. The molecule has 6 rings (SSSR count). The largest absolute Gasteiger partial charge is 0.483 e. The number of hydrogen-bond acceptors (Lipinski definition) is 11. The quantitative estimate of drug-likeness (QED) is 0.189. The van der Waals surface area contributed by atoms with Crippen molar-refractivity contribution in [3.8, 4) is 5.75 Å². The molecule has 53 heavy (non-hydrogen) atoms. The van der Waals surface area contributed by atoms with E-state index in [-0.39, 0.29) is 18.4 Å². The summed E-state index contributed by atoms with van der Waals surface area (Å²) in [5.74, 6) is -5.60. The first kappa shape index (κ1) is 38.4. The number of amides is 2. The number of nitrogens with one attached hydrogen (secondary N) is 3. The number of rotatable bonds is 5. The van der Waals surface area contributed by atoms with Gasteiger partial charge in [0.15, 0.2) is 12.4 Å². The fourth-order valence-corrected chi connectivity index (χ4v) is 5.22. The topological polar surface area (TPSA) is 175 Å². The molecule has 3 N–H and O–H groups in total. The number of piperazine rings is 1. The first-order chi connectivity index (χ1) is 25.0. The molecule has 0 radical (unpaired) electrons. The lowest BCUT2D eigenvalue weighted by Crippen LogP contribution is -2.51. The average molecular weight is 768 g/mol. The summed E-state index contributed by atoms with van der Waals surface area (Å²) in [5, 5.41) is 13.7. The van der Waals surface area contributed by atoms with Crippen LogP contribution in [0.4, 0.5) is 49.5 Å². The third-order valence-electron chi connectivity index (χ3n) is 7.72. The number of anilines is 4. The van der Waals surface area contributed by atoms with Crippen LogP contribution in [-0.4, -0.2) is 103 Å². The van der Waals surface area contributed by atoms with Gasteiger partial charge in [-0.2, -0.15) is 36.4 Å². The van der Waals surface area contributed by atoms with Gasteiger partial charge in [0.1, 0.15) is 16.5 Å². The highest BCUT2D eigenvalue weighted by Crippen LogP contribution is 2.30. The Morgan fingerprint density at radius 3 is 2.17 bits per heavy atom. The van der Waals surface area contributed by atoms with Gasteiger partial charge in [-0.1, -0.05) is 11.6 Å². The highest BCUT2D eigenvalue weighted by atomic mass is 35.5. The number of ether oxygens (including phenoxy) is 1. The van der Waals surface area contributed by atoms with E-state index in [0.29, 0.717) is 67.3 Å².